The van der Waals surface area contributed by atoms with Crippen LogP contribution in [0.3, 0.4) is 0 Å². The SMILES string of the molecule is CCOC(=O)[C@H]1O[C@@H]1C(=O)N[C@@H](CC(C)C)C(=O)N1CCN(C(c2ccccc2)c2ccccc2)CC1. The number of ether oxygens (including phenoxy) is 2. The van der Waals surface area contributed by atoms with Crippen molar-refractivity contribution < 1.29 is 23.9 Å². The van der Waals surface area contributed by atoms with E-state index in [2.05, 4.69) is 58.7 Å². The minimum Gasteiger partial charge on any atom is -0.464 e. The third-order valence-electron chi connectivity index (χ3n) is 6.81. The molecular formula is C29H37N3O5. The van der Waals surface area contributed by atoms with E-state index in [-0.39, 0.29) is 24.5 Å². The van der Waals surface area contributed by atoms with Crippen LogP contribution in [0, 0.1) is 5.92 Å². The summed E-state index contributed by atoms with van der Waals surface area (Å²) < 4.78 is 10.2. The molecule has 2 aliphatic heterocycles. The molecular weight excluding hydrogens is 470 g/mol. The Hall–Kier alpha value is -3.23. The van der Waals surface area contributed by atoms with Gasteiger partial charge in [0.25, 0.3) is 5.91 Å². The Labute approximate surface area is 218 Å². The Balaban J connectivity index is 1.40. The van der Waals surface area contributed by atoms with Gasteiger partial charge in [-0.15, -0.1) is 0 Å². The van der Waals surface area contributed by atoms with E-state index in [1.165, 1.54) is 11.1 Å². The Morgan fingerprint density at radius 2 is 1.49 bits per heavy atom. The van der Waals surface area contributed by atoms with Gasteiger partial charge in [0.15, 0.2) is 12.2 Å². The molecule has 198 valence electrons. The van der Waals surface area contributed by atoms with E-state index in [0.717, 1.165) is 13.1 Å². The Bertz CT molecular complexity index is 1010. The Kier molecular flexibility index (Phi) is 8.95. The fraction of sp³-hybridized carbons (Fsp3) is 0.483. The number of benzene rings is 2. The normalized spacial score (nSPS) is 20.5. The van der Waals surface area contributed by atoms with Crippen LogP contribution in [0.25, 0.3) is 0 Å². The quantitative estimate of drug-likeness (QED) is 0.393. The number of hydrogen-bond acceptors (Lipinski definition) is 6. The molecule has 0 spiro atoms. The molecule has 4 rings (SSSR count). The maximum absolute atomic E-state index is 13.5. The van der Waals surface area contributed by atoms with E-state index in [1.54, 1.807) is 6.92 Å². The van der Waals surface area contributed by atoms with Crippen molar-refractivity contribution in [2.24, 2.45) is 5.92 Å². The second kappa shape index (κ2) is 12.3. The summed E-state index contributed by atoms with van der Waals surface area (Å²) in [4.78, 5) is 42.3. The molecule has 0 aromatic heterocycles. The van der Waals surface area contributed by atoms with Crippen LogP contribution in [0.5, 0.6) is 0 Å². The highest BCUT2D eigenvalue weighted by atomic mass is 16.6. The first kappa shape index (κ1) is 26.8. The predicted octanol–water partition coefficient (Wildman–Crippen LogP) is 2.78. The molecule has 2 amide bonds. The highest BCUT2D eigenvalue weighted by Crippen LogP contribution is 2.30. The van der Waals surface area contributed by atoms with Gasteiger partial charge < -0.3 is 19.7 Å². The number of nitrogens with one attached hydrogen (secondary N) is 1. The number of rotatable bonds is 10. The van der Waals surface area contributed by atoms with Gasteiger partial charge in [0, 0.05) is 26.2 Å². The average molecular weight is 508 g/mol. The zero-order valence-corrected chi connectivity index (χ0v) is 21.8. The molecule has 0 bridgehead atoms. The summed E-state index contributed by atoms with van der Waals surface area (Å²) in [5.41, 5.74) is 2.44. The van der Waals surface area contributed by atoms with Crippen molar-refractivity contribution in [3.8, 4) is 0 Å². The molecule has 2 aliphatic rings. The summed E-state index contributed by atoms with van der Waals surface area (Å²) in [6, 6.07) is 20.3. The zero-order valence-electron chi connectivity index (χ0n) is 21.8. The van der Waals surface area contributed by atoms with Crippen molar-refractivity contribution in [1.29, 1.82) is 0 Å². The monoisotopic (exact) mass is 507 g/mol. The lowest BCUT2D eigenvalue weighted by atomic mass is 9.96. The standard InChI is InChI=1S/C29H37N3O5/c1-4-36-29(35)26-25(37-26)27(33)30-23(19-20(2)3)28(34)32-17-15-31(16-18-32)24(21-11-7-5-8-12-21)22-13-9-6-10-14-22/h5-14,20,23-26H,4,15-19H2,1-3H3,(H,30,33)/t23-,25-,26-/m0/s1. The maximum Gasteiger partial charge on any atom is 0.338 e. The number of amides is 2. The third kappa shape index (κ3) is 6.76. The first-order chi connectivity index (χ1) is 17.9. The Morgan fingerprint density at radius 1 is 0.919 bits per heavy atom. The molecule has 2 heterocycles. The minimum atomic E-state index is -0.893. The second-order valence-electron chi connectivity index (χ2n) is 10.0. The van der Waals surface area contributed by atoms with Gasteiger partial charge >= 0.3 is 5.97 Å². The fourth-order valence-electron chi connectivity index (χ4n) is 4.97. The minimum absolute atomic E-state index is 0.0917. The van der Waals surface area contributed by atoms with Gasteiger partial charge in [-0.2, -0.15) is 0 Å². The number of carbonyl (C=O) groups is 3. The highest BCUT2D eigenvalue weighted by Gasteiger charge is 2.52. The van der Waals surface area contributed by atoms with Gasteiger partial charge in [0.1, 0.15) is 6.04 Å². The smallest absolute Gasteiger partial charge is 0.338 e. The number of carbonyl (C=O) groups excluding carboxylic acids is 3. The molecule has 8 nitrogen and oxygen atoms in total. The molecule has 0 saturated carbocycles. The van der Waals surface area contributed by atoms with E-state index in [9.17, 15) is 14.4 Å². The first-order valence-corrected chi connectivity index (χ1v) is 13.1. The van der Waals surface area contributed by atoms with Crippen molar-refractivity contribution in [3.63, 3.8) is 0 Å². The molecule has 0 radical (unpaired) electrons. The van der Waals surface area contributed by atoms with E-state index in [1.807, 2.05) is 30.9 Å². The van der Waals surface area contributed by atoms with Crippen molar-refractivity contribution in [2.45, 2.75) is 51.5 Å². The summed E-state index contributed by atoms with van der Waals surface area (Å²) in [5.74, 6) is -0.871. The average Bonchev–Trinajstić information content (AvgIpc) is 3.71. The van der Waals surface area contributed by atoms with Crippen LogP contribution in [0.4, 0.5) is 0 Å². The third-order valence-corrected chi connectivity index (χ3v) is 6.81. The largest absolute Gasteiger partial charge is 0.464 e. The van der Waals surface area contributed by atoms with Crippen molar-refractivity contribution in [2.75, 3.05) is 32.8 Å². The topological polar surface area (TPSA) is 91.5 Å². The van der Waals surface area contributed by atoms with Gasteiger partial charge in [-0.05, 0) is 30.4 Å². The van der Waals surface area contributed by atoms with Crippen molar-refractivity contribution in [3.05, 3.63) is 71.8 Å². The lowest BCUT2D eigenvalue weighted by molar-refractivity contribution is -0.144. The Morgan fingerprint density at radius 3 is 2.00 bits per heavy atom. The summed E-state index contributed by atoms with van der Waals surface area (Å²) in [6.07, 6.45) is -1.26. The zero-order chi connectivity index (χ0) is 26.4. The molecule has 37 heavy (non-hydrogen) atoms. The van der Waals surface area contributed by atoms with Gasteiger partial charge in [-0.1, -0.05) is 74.5 Å². The summed E-state index contributed by atoms with van der Waals surface area (Å²) in [6.45, 7) is 8.55. The van der Waals surface area contributed by atoms with Crippen LogP contribution in [-0.2, 0) is 23.9 Å². The predicted molar refractivity (Wildman–Crippen MR) is 140 cm³/mol. The van der Waals surface area contributed by atoms with Crippen LogP contribution in [0.2, 0.25) is 0 Å². The summed E-state index contributed by atoms with van der Waals surface area (Å²) >= 11 is 0. The first-order valence-electron chi connectivity index (χ1n) is 13.1. The van der Waals surface area contributed by atoms with Gasteiger partial charge in [-0.3, -0.25) is 14.5 Å². The van der Waals surface area contributed by atoms with E-state index < -0.39 is 30.1 Å². The molecule has 1 N–H and O–H groups in total. The number of esters is 1. The van der Waals surface area contributed by atoms with Gasteiger partial charge in [0.05, 0.1) is 12.6 Å². The molecule has 8 heteroatoms. The molecule has 2 saturated heterocycles. The second-order valence-corrected chi connectivity index (χ2v) is 10.0. The fourth-order valence-corrected chi connectivity index (χ4v) is 4.97. The number of nitrogens with zero attached hydrogens (tertiary/aromatic N) is 2. The van der Waals surface area contributed by atoms with Crippen LogP contribution >= 0.6 is 0 Å². The molecule has 2 aromatic carbocycles. The van der Waals surface area contributed by atoms with E-state index in [0.29, 0.717) is 19.5 Å². The highest BCUT2D eigenvalue weighted by molar-refractivity contribution is 5.95. The molecule has 2 fully saturated rings. The lowest BCUT2D eigenvalue weighted by Crippen LogP contribution is -2.56. The van der Waals surface area contributed by atoms with Crippen LogP contribution < -0.4 is 5.32 Å². The molecule has 2 aromatic rings. The summed E-state index contributed by atoms with van der Waals surface area (Å²) in [5, 5.41) is 2.84. The molecule has 0 aliphatic carbocycles. The van der Waals surface area contributed by atoms with Gasteiger partial charge in [0.2, 0.25) is 5.91 Å². The number of hydrogen-bond donors (Lipinski definition) is 1. The molecule has 0 unspecified atom stereocenters. The van der Waals surface area contributed by atoms with E-state index >= 15 is 0 Å². The van der Waals surface area contributed by atoms with Crippen molar-refractivity contribution in [1.82, 2.24) is 15.1 Å². The lowest BCUT2D eigenvalue weighted by Gasteiger charge is -2.41. The molecule has 3 atom stereocenters. The maximum atomic E-state index is 13.5. The number of epoxide rings is 1. The van der Waals surface area contributed by atoms with Crippen LogP contribution in [0.1, 0.15) is 44.4 Å². The van der Waals surface area contributed by atoms with Gasteiger partial charge in [-0.25, -0.2) is 4.79 Å². The summed E-state index contributed by atoms with van der Waals surface area (Å²) in [7, 11) is 0. The van der Waals surface area contributed by atoms with Crippen molar-refractivity contribution >= 4 is 17.8 Å². The van der Waals surface area contributed by atoms with E-state index in [4.69, 9.17) is 9.47 Å². The van der Waals surface area contributed by atoms with Crippen LogP contribution in [-0.4, -0.2) is 78.6 Å². The number of piperazine rings is 1. The van der Waals surface area contributed by atoms with Crippen LogP contribution in [0.15, 0.2) is 60.7 Å².